The molecule has 1 N–H and O–H groups in total. The van der Waals surface area contributed by atoms with E-state index in [9.17, 15) is 18.0 Å². The Kier molecular flexibility index (Phi) is 12.1. The quantitative estimate of drug-likeness (QED) is 0.175. The Balaban J connectivity index is 1.86. The number of methoxy groups -OCH3 is 2. The van der Waals surface area contributed by atoms with Crippen LogP contribution in [-0.4, -0.2) is 58.5 Å². The van der Waals surface area contributed by atoms with E-state index in [4.69, 9.17) is 21.1 Å². The van der Waals surface area contributed by atoms with Crippen LogP contribution in [0.15, 0.2) is 108 Å². The Bertz CT molecular complexity index is 1720. The van der Waals surface area contributed by atoms with E-state index in [1.54, 1.807) is 54.6 Å². The minimum absolute atomic E-state index is 0.0214. The van der Waals surface area contributed by atoms with E-state index in [0.29, 0.717) is 29.3 Å². The van der Waals surface area contributed by atoms with E-state index in [2.05, 4.69) is 5.32 Å². The number of amides is 2. The SMILES string of the molecule is CCCNC(=O)[C@H](Cc1ccccc1)N(Cc1ccccc1Cl)C(=O)CN(c1cc(OC)ccc1OC)S(=O)(=O)c1ccccc1. The summed E-state index contributed by atoms with van der Waals surface area (Å²) in [7, 11) is -1.44. The van der Waals surface area contributed by atoms with Gasteiger partial charge in [-0.05, 0) is 47.9 Å². The Morgan fingerprint density at radius 2 is 1.52 bits per heavy atom. The van der Waals surface area contributed by atoms with Crippen molar-refractivity contribution < 1.29 is 27.5 Å². The van der Waals surface area contributed by atoms with Crippen molar-refractivity contribution >= 4 is 39.1 Å². The molecule has 0 heterocycles. The molecular formula is C35H38ClN3O6S. The fraction of sp³-hybridized carbons (Fsp3) is 0.257. The van der Waals surface area contributed by atoms with Gasteiger partial charge >= 0.3 is 0 Å². The molecule has 0 radical (unpaired) electrons. The first-order chi connectivity index (χ1) is 22.2. The summed E-state index contributed by atoms with van der Waals surface area (Å²) in [5.74, 6) is -0.392. The predicted molar refractivity (Wildman–Crippen MR) is 180 cm³/mol. The summed E-state index contributed by atoms with van der Waals surface area (Å²) in [6, 6.07) is 28.0. The molecule has 1 atom stereocenters. The second kappa shape index (κ2) is 16.1. The van der Waals surface area contributed by atoms with Crippen molar-refractivity contribution in [1.29, 1.82) is 0 Å². The summed E-state index contributed by atoms with van der Waals surface area (Å²) in [6.07, 6.45) is 0.890. The van der Waals surface area contributed by atoms with Crippen molar-refractivity contribution in [1.82, 2.24) is 10.2 Å². The molecule has 2 amide bonds. The normalized spacial score (nSPS) is 11.7. The van der Waals surface area contributed by atoms with Crippen molar-refractivity contribution in [2.45, 2.75) is 37.2 Å². The lowest BCUT2D eigenvalue weighted by Gasteiger charge is -2.34. The van der Waals surface area contributed by atoms with Crippen LogP contribution in [0.25, 0.3) is 0 Å². The molecule has 0 spiro atoms. The molecule has 0 saturated carbocycles. The number of ether oxygens (including phenoxy) is 2. The third-order valence-electron chi connectivity index (χ3n) is 7.38. The zero-order valence-electron chi connectivity index (χ0n) is 26.1. The van der Waals surface area contributed by atoms with Crippen LogP contribution in [0.4, 0.5) is 5.69 Å². The predicted octanol–water partition coefficient (Wildman–Crippen LogP) is 5.72. The molecule has 4 aromatic rings. The highest BCUT2D eigenvalue weighted by Crippen LogP contribution is 2.36. The summed E-state index contributed by atoms with van der Waals surface area (Å²) < 4.78 is 40.5. The first kappa shape index (κ1) is 34.3. The minimum Gasteiger partial charge on any atom is -0.497 e. The van der Waals surface area contributed by atoms with Gasteiger partial charge in [0.25, 0.3) is 10.0 Å². The molecule has 46 heavy (non-hydrogen) atoms. The van der Waals surface area contributed by atoms with Crippen molar-refractivity contribution in [3.8, 4) is 11.5 Å². The van der Waals surface area contributed by atoms with Gasteiger partial charge in [-0.1, -0.05) is 85.3 Å². The maximum absolute atomic E-state index is 14.6. The number of sulfonamides is 1. The molecule has 0 aliphatic heterocycles. The second-order valence-electron chi connectivity index (χ2n) is 10.5. The molecule has 0 aromatic heterocycles. The van der Waals surface area contributed by atoms with E-state index < -0.39 is 28.5 Å². The largest absolute Gasteiger partial charge is 0.497 e. The number of carbonyl (C=O) groups is 2. The van der Waals surface area contributed by atoms with Gasteiger partial charge < -0.3 is 19.7 Å². The zero-order valence-corrected chi connectivity index (χ0v) is 27.6. The van der Waals surface area contributed by atoms with Gasteiger partial charge in [-0.2, -0.15) is 0 Å². The second-order valence-corrected chi connectivity index (χ2v) is 12.7. The zero-order chi connectivity index (χ0) is 33.1. The number of anilines is 1. The van der Waals surface area contributed by atoms with Gasteiger partial charge in [-0.3, -0.25) is 13.9 Å². The van der Waals surface area contributed by atoms with E-state index >= 15 is 0 Å². The van der Waals surface area contributed by atoms with Crippen LogP contribution in [0.2, 0.25) is 5.02 Å². The van der Waals surface area contributed by atoms with E-state index in [-0.39, 0.29) is 35.2 Å². The molecule has 4 aromatic carbocycles. The Hall–Kier alpha value is -4.54. The number of nitrogens with one attached hydrogen (secondary N) is 1. The van der Waals surface area contributed by atoms with Crippen LogP contribution < -0.4 is 19.1 Å². The first-order valence-electron chi connectivity index (χ1n) is 14.8. The lowest BCUT2D eigenvalue weighted by atomic mass is 10.0. The van der Waals surface area contributed by atoms with Gasteiger partial charge in [0, 0.05) is 30.6 Å². The van der Waals surface area contributed by atoms with Crippen molar-refractivity contribution in [3.63, 3.8) is 0 Å². The molecule has 11 heteroatoms. The van der Waals surface area contributed by atoms with E-state index in [1.165, 1.54) is 37.3 Å². The number of halogens is 1. The average Bonchev–Trinajstić information content (AvgIpc) is 3.08. The van der Waals surface area contributed by atoms with Gasteiger partial charge in [0.2, 0.25) is 11.8 Å². The molecule has 9 nitrogen and oxygen atoms in total. The van der Waals surface area contributed by atoms with Crippen LogP contribution in [0.3, 0.4) is 0 Å². The lowest BCUT2D eigenvalue weighted by Crippen LogP contribution is -2.53. The fourth-order valence-electron chi connectivity index (χ4n) is 4.95. The lowest BCUT2D eigenvalue weighted by molar-refractivity contribution is -0.140. The number of hydrogen-bond donors (Lipinski definition) is 1. The number of hydrogen-bond acceptors (Lipinski definition) is 6. The van der Waals surface area contributed by atoms with Crippen LogP contribution in [0, 0.1) is 0 Å². The Labute approximate surface area is 275 Å². The molecule has 4 rings (SSSR count). The summed E-state index contributed by atoms with van der Waals surface area (Å²) in [4.78, 5) is 29.8. The molecule has 0 bridgehead atoms. The molecule has 0 saturated heterocycles. The van der Waals surface area contributed by atoms with Crippen LogP contribution in [0.1, 0.15) is 24.5 Å². The molecule has 0 aliphatic carbocycles. The van der Waals surface area contributed by atoms with Crippen LogP contribution >= 0.6 is 11.6 Å². The molecule has 0 fully saturated rings. The van der Waals surface area contributed by atoms with E-state index in [1.807, 2.05) is 37.3 Å². The van der Waals surface area contributed by atoms with Crippen molar-refractivity contribution in [2.24, 2.45) is 0 Å². The smallest absolute Gasteiger partial charge is 0.264 e. The maximum atomic E-state index is 14.6. The van der Waals surface area contributed by atoms with Crippen LogP contribution in [-0.2, 0) is 32.6 Å². The van der Waals surface area contributed by atoms with Gasteiger partial charge in [0.05, 0.1) is 24.8 Å². The third kappa shape index (κ3) is 8.38. The molecule has 0 unspecified atom stereocenters. The highest BCUT2D eigenvalue weighted by Gasteiger charge is 2.36. The summed E-state index contributed by atoms with van der Waals surface area (Å²) in [6.45, 7) is 1.67. The van der Waals surface area contributed by atoms with Crippen LogP contribution in [0.5, 0.6) is 11.5 Å². The first-order valence-corrected chi connectivity index (χ1v) is 16.7. The number of benzene rings is 4. The fourth-order valence-corrected chi connectivity index (χ4v) is 6.59. The van der Waals surface area contributed by atoms with E-state index in [0.717, 1.165) is 9.87 Å². The average molecular weight is 664 g/mol. The van der Waals surface area contributed by atoms with Gasteiger partial charge in [-0.15, -0.1) is 0 Å². The van der Waals surface area contributed by atoms with Gasteiger partial charge in [0.15, 0.2) is 0 Å². The minimum atomic E-state index is -4.32. The summed E-state index contributed by atoms with van der Waals surface area (Å²) >= 11 is 6.55. The summed E-state index contributed by atoms with van der Waals surface area (Å²) in [5, 5.41) is 3.34. The maximum Gasteiger partial charge on any atom is 0.264 e. The number of rotatable bonds is 15. The standard InChI is InChI=1S/C35H38ClN3O6S/c1-4-21-37-35(41)32(22-26-13-7-5-8-14-26)38(24-27-15-11-12-18-30(27)36)34(40)25-39(46(42,43)29-16-9-6-10-17-29)31-23-28(44-2)19-20-33(31)45-3/h5-20,23,32H,4,21-22,24-25H2,1-3H3,(H,37,41)/t32-/m0/s1. The summed E-state index contributed by atoms with van der Waals surface area (Å²) in [5.41, 5.74) is 1.54. The molecular weight excluding hydrogens is 626 g/mol. The highest BCUT2D eigenvalue weighted by molar-refractivity contribution is 7.92. The Morgan fingerprint density at radius 1 is 0.870 bits per heavy atom. The topological polar surface area (TPSA) is 105 Å². The van der Waals surface area contributed by atoms with Crippen molar-refractivity contribution in [3.05, 3.63) is 119 Å². The highest BCUT2D eigenvalue weighted by atomic mass is 35.5. The molecule has 242 valence electrons. The van der Waals surface area contributed by atoms with Gasteiger partial charge in [0.1, 0.15) is 24.1 Å². The molecule has 0 aliphatic rings. The number of nitrogens with zero attached hydrogens (tertiary/aromatic N) is 2. The van der Waals surface area contributed by atoms with Crippen molar-refractivity contribution in [2.75, 3.05) is 31.6 Å². The third-order valence-corrected chi connectivity index (χ3v) is 9.53. The van der Waals surface area contributed by atoms with Gasteiger partial charge in [-0.25, -0.2) is 8.42 Å². The Morgan fingerprint density at radius 3 is 2.15 bits per heavy atom. The number of carbonyl (C=O) groups excluding carboxylic acids is 2. The monoisotopic (exact) mass is 663 g/mol.